The number of carbonyl (C=O) groups excluding carboxylic acids is 1. The summed E-state index contributed by atoms with van der Waals surface area (Å²) in [7, 11) is 0. The van der Waals surface area contributed by atoms with E-state index in [1.165, 1.54) is 0 Å². The van der Waals surface area contributed by atoms with Crippen LogP contribution in [0, 0.1) is 11.8 Å². The Bertz CT molecular complexity index is 900. The lowest BCUT2D eigenvalue weighted by atomic mass is 9.81. The topological polar surface area (TPSA) is 46.5 Å². The van der Waals surface area contributed by atoms with Crippen LogP contribution in [0.2, 0.25) is 0 Å². The Labute approximate surface area is 161 Å². The molecule has 26 heavy (non-hydrogen) atoms. The van der Waals surface area contributed by atoms with Crippen LogP contribution in [0.25, 0.3) is 5.57 Å². The summed E-state index contributed by atoms with van der Waals surface area (Å²) in [5.74, 6) is 1.95. The lowest BCUT2D eigenvalue weighted by molar-refractivity contribution is -0.117. The van der Waals surface area contributed by atoms with E-state index in [-0.39, 0.29) is 23.4 Å². The minimum absolute atomic E-state index is 0.0604. The highest BCUT2D eigenvalue weighted by atomic mass is 79.9. The predicted molar refractivity (Wildman–Crippen MR) is 105 cm³/mol. The number of aryl methyl sites for hydroxylation is 1. The van der Waals surface area contributed by atoms with Gasteiger partial charge >= 0.3 is 0 Å². The zero-order chi connectivity index (χ0) is 18.3. The lowest BCUT2D eigenvalue weighted by Gasteiger charge is -2.23. The molecule has 2 bridgehead atoms. The Balaban J connectivity index is 1.76. The molecule has 0 unspecified atom stereocenters. The number of fused-ring (bicyclic) bond motifs is 2. The minimum atomic E-state index is 0.0604. The second-order valence-corrected chi connectivity index (χ2v) is 7.98. The molecule has 0 aromatic heterocycles. The molecule has 2 aliphatic rings. The molecule has 0 heterocycles. The lowest BCUT2D eigenvalue weighted by Crippen LogP contribution is -2.21. The molecule has 1 fully saturated rings. The quantitative estimate of drug-likeness (QED) is 0.662. The average molecular weight is 413 g/mol. The van der Waals surface area contributed by atoms with Crippen molar-refractivity contribution in [3.63, 3.8) is 0 Å². The summed E-state index contributed by atoms with van der Waals surface area (Å²) in [6.07, 6.45) is 3.38. The molecule has 2 aliphatic carbocycles. The van der Waals surface area contributed by atoms with Gasteiger partial charge in [-0.1, -0.05) is 35.0 Å². The highest BCUT2D eigenvalue weighted by Gasteiger charge is 2.41. The first-order chi connectivity index (χ1) is 12.6. The van der Waals surface area contributed by atoms with Crippen molar-refractivity contribution in [2.24, 2.45) is 11.8 Å². The van der Waals surface area contributed by atoms with Crippen LogP contribution < -0.4 is 4.74 Å². The number of carbonyl (C=O) groups is 1. The maximum absolute atomic E-state index is 12.9. The van der Waals surface area contributed by atoms with Crippen LogP contribution >= 0.6 is 15.9 Å². The zero-order valence-electron chi connectivity index (χ0n) is 14.7. The Hall–Kier alpha value is -2.07. The number of allylic oxidation sites excluding steroid dienone is 2. The smallest absolute Gasteiger partial charge is 0.169 e. The average Bonchev–Trinajstić information content (AvgIpc) is 3.08. The molecule has 0 amide bonds. The van der Waals surface area contributed by atoms with Crippen molar-refractivity contribution >= 4 is 27.3 Å². The number of hydrogen-bond donors (Lipinski definition) is 1. The van der Waals surface area contributed by atoms with Gasteiger partial charge in [0.05, 0.1) is 5.57 Å². The molecule has 0 aliphatic heterocycles. The van der Waals surface area contributed by atoms with E-state index < -0.39 is 0 Å². The van der Waals surface area contributed by atoms with E-state index in [9.17, 15) is 9.90 Å². The Morgan fingerprint density at radius 1 is 1.12 bits per heavy atom. The molecule has 4 rings (SSSR count). The first-order valence-corrected chi connectivity index (χ1v) is 9.90. The molecule has 4 heteroatoms. The number of halogens is 1. The summed E-state index contributed by atoms with van der Waals surface area (Å²) in [4.78, 5) is 12.9. The molecule has 0 saturated heterocycles. The van der Waals surface area contributed by atoms with Gasteiger partial charge in [0.1, 0.15) is 17.3 Å². The summed E-state index contributed by atoms with van der Waals surface area (Å²) in [5, 5.41) is 10.7. The fraction of sp³-hybridized carbons (Fsp3) is 0.318. The van der Waals surface area contributed by atoms with E-state index in [1.807, 2.05) is 42.5 Å². The molecule has 134 valence electrons. The number of aliphatic hydroxyl groups is 1. The largest absolute Gasteiger partial charge is 0.511 e. The Morgan fingerprint density at radius 3 is 2.65 bits per heavy atom. The van der Waals surface area contributed by atoms with Gasteiger partial charge < -0.3 is 9.84 Å². The van der Waals surface area contributed by atoms with Crippen LogP contribution in [0.15, 0.2) is 52.7 Å². The van der Waals surface area contributed by atoms with Gasteiger partial charge in [0.25, 0.3) is 0 Å². The van der Waals surface area contributed by atoms with E-state index in [0.717, 1.165) is 47.0 Å². The van der Waals surface area contributed by atoms with Crippen LogP contribution in [-0.2, 0) is 11.2 Å². The molecule has 2 aromatic rings. The van der Waals surface area contributed by atoms with Crippen molar-refractivity contribution in [2.75, 3.05) is 0 Å². The number of ketones is 1. The highest BCUT2D eigenvalue weighted by molar-refractivity contribution is 9.10. The maximum Gasteiger partial charge on any atom is 0.169 e. The molecule has 2 aromatic carbocycles. The Morgan fingerprint density at radius 2 is 1.88 bits per heavy atom. The van der Waals surface area contributed by atoms with Gasteiger partial charge in [-0.2, -0.15) is 0 Å². The van der Waals surface area contributed by atoms with E-state index in [2.05, 4.69) is 22.9 Å². The molecule has 0 spiro atoms. The van der Waals surface area contributed by atoms with Gasteiger partial charge in [0.2, 0.25) is 0 Å². The first-order valence-electron chi connectivity index (χ1n) is 9.11. The van der Waals surface area contributed by atoms with E-state index in [4.69, 9.17) is 4.74 Å². The molecular weight excluding hydrogens is 392 g/mol. The molecule has 3 nitrogen and oxygen atoms in total. The molecule has 2 atom stereocenters. The van der Waals surface area contributed by atoms with Crippen molar-refractivity contribution in [1.82, 2.24) is 0 Å². The number of aliphatic hydroxyl groups excluding tert-OH is 1. The molecule has 0 radical (unpaired) electrons. The van der Waals surface area contributed by atoms with E-state index in [1.54, 1.807) is 0 Å². The second-order valence-electron chi connectivity index (χ2n) is 7.06. The van der Waals surface area contributed by atoms with Gasteiger partial charge in [-0.05, 0) is 67.1 Å². The van der Waals surface area contributed by atoms with E-state index >= 15 is 0 Å². The summed E-state index contributed by atoms with van der Waals surface area (Å²) in [6, 6.07) is 13.5. The monoisotopic (exact) mass is 412 g/mol. The highest BCUT2D eigenvalue weighted by Crippen LogP contribution is 2.46. The van der Waals surface area contributed by atoms with Crippen LogP contribution in [-0.4, -0.2) is 10.9 Å². The maximum atomic E-state index is 12.9. The van der Waals surface area contributed by atoms with Gasteiger partial charge in [-0.3, -0.25) is 4.79 Å². The third-order valence-corrected chi connectivity index (χ3v) is 5.95. The van der Waals surface area contributed by atoms with Crippen LogP contribution in [0.4, 0.5) is 0 Å². The predicted octanol–water partition coefficient (Wildman–Crippen LogP) is 6.07. The normalized spacial score (nSPS) is 22.0. The van der Waals surface area contributed by atoms with Gasteiger partial charge in [-0.25, -0.2) is 0 Å². The standard InChI is InChI=1S/C22H21BrO3/c1-2-13-8-9-18(26-17-5-3-4-16(23)11-17)12-19(13)20-21(24)14-6-7-15(10-14)22(20)25/h3-5,8-9,11-12,14-15,24H,2,6-7,10H2,1H3/t14-,15-/m1/s1. The molecule has 1 N–H and O–H groups in total. The Kier molecular flexibility index (Phi) is 4.62. The van der Waals surface area contributed by atoms with Crippen LogP contribution in [0.5, 0.6) is 11.5 Å². The van der Waals surface area contributed by atoms with Gasteiger partial charge in [-0.15, -0.1) is 0 Å². The summed E-state index contributed by atoms with van der Waals surface area (Å²) >= 11 is 3.45. The van der Waals surface area contributed by atoms with Crippen LogP contribution in [0.3, 0.4) is 0 Å². The zero-order valence-corrected chi connectivity index (χ0v) is 16.3. The fourth-order valence-corrected chi connectivity index (χ4v) is 4.48. The molecular formula is C22H21BrO3. The third kappa shape index (κ3) is 3.07. The van der Waals surface area contributed by atoms with Crippen molar-refractivity contribution < 1.29 is 14.6 Å². The fourth-order valence-electron chi connectivity index (χ4n) is 4.10. The van der Waals surface area contributed by atoms with Crippen molar-refractivity contribution in [3.8, 4) is 11.5 Å². The number of rotatable bonds is 4. The second kappa shape index (κ2) is 6.92. The van der Waals surface area contributed by atoms with Crippen LogP contribution in [0.1, 0.15) is 37.3 Å². The van der Waals surface area contributed by atoms with Gasteiger partial charge in [0.15, 0.2) is 5.78 Å². The van der Waals surface area contributed by atoms with Crippen molar-refractivity contribution in [2.45, 2.75) is 32.6 Å². The van der Waals surface area contributed by atoms with Gasteiger partial charge in [0, 0.05) is 16.3 Å². The SMILES string of the molecule is CCc1ccc(Oc2cccc(Br)c2)cc1C1=C(O)[C@@H]2CC[C@H](C2)C1=O. The minimum Gasteiger partial charge on any atom is -0.511 e. The molecule has 1 saturated carbocycles. The first kappa shape index (κ1) is 17.3. The number of hydrogen-bond acceptors (Lipinski definition) is 3. The van der Waals surface area contributed by atoms with E-state index in [0.29, 0.717) is 11.3 Å². The van der Waals surface area contributed by atoms with Crippen molar-refractivity contribution in [3.05, 3.63) is 63.8 Å². The number of ether oxygens (including phenoxy) is 1. The third-order valence-electron chi connectivity index (χ3n) is 5.46. The number of Topliss-reactive ketones (excluding diaryl/α,β-unsaturated/α-hetero) is 1. The summed E-state index contributed by atoms with van der Waals surface area (Å²) < 4.78 is 6.93. The number of benzene rings is 2. The summed E-state index contributed by atoms with van der Waals surface area (Å²) in [5.41, 5.74) is 2.39. The van der Waals surface area contributed by atoms with Crippen molar-refractivity contribution in [1.29, 1.82) is 0 Å². The summed E-state index contributed by atoms with van der Waals surface area (Å²) in [6.45, 7) is 2.06.